The van der Waals surface area contributed by atoms with Crippen molar-refractivity contribution in [1.29, 1.82) is 0 Å². The van der Waals surface area contributed by atoms with Crippen LogP contribution in [0.2, 0.25) is 0 Å². The number of aromatic nitrogens is 4. The van der Waals surface area contributed by atoms with Crippen LogP contribution in [0.5, 0.6) is 0 Å². The Hall–Kier alpha value is -3.53. The summed E-state index contributed by atoms with van der Waals surface area (Å²) >= 11 is 0. The van der Waals surface area contributed by atoms with Gasteiger partial charge >= 0.3 is 12.2 Å². The summed E-state index contributed by atoms with van der Waals surface area (Å²) in [5.74, 6) is -0.797. The fourth-order valence-electron chi connectivity index (χ4n) is 5.79. The molecule has 4 heterocycles. The molecule has 44 heavy (non-hydrogen) atoms. The molecule has 0 saturated carbocycles. The number of hydrogen-bond acceptors (Lipinski definition) is 9. The normalized spacial score (nSPS) is 23.4. The van der Waals surface area contributed by atoms with Gasteiger partial charge in [0.25, 0.3) is 0 Å². The number of nitrogen functional groups attached to an aromatic ring is 1. The molecule has 5 rings (SSSR count). The molecule has 0 spiro atoms. The maximum absolute atomic E-state index is 13.7. The van der Waals surface area contributed by atoms with Gasteiger partial charge in [-0.3, -0.25) is 14.4 Å². The first-order valence-electron chi connectivity index (χ1n) is 14.4. The molecule has 2 amide bonds. The number of hydrogen-bond donors (Lipinski definition) is 2. The average molecular weight is 621 g/mol. The molecule has 3 aromatic rings. The summed E-state index contributed by atoms with van der Waals surface area (Å²) in [6, 6.07) is 6.74. The highest BCUT2D eigenvalue weighted by molar-refractivity contribution is 5.90. The van der Waals surface area contributed by atoms with Crippen molar-refractivity contribution in [2.45, 2.75) is 83.0 Å². The van der Waals surface area contributed by atoms with Crippen LogP contribution in [0.4, 0.5) is 29.5 Å². The van der Waals surface area contributed by atoms with Crippen molar-refractivity contribution in [3.8, 4) is 0 Å². The fourth-order valence-corrected chi connectivity index (χ4v) is 5.79. The number of alkyl halides is 3. The summed E-state index contributed by atoms with van der Waals surface area (Å²) in [6.07, 6.45) is -4.30. The monoisotopic (exact) mass is 620 g/mol. The third-order valence-corrected chi connectivity index (χ3v) is 7.79. The minimum Gasteiger partial charge on any atom is -0.382 e. The van der Waals surface area contributed by atoms with Gasteiger partial charge in [-0.2, -0.15) is 13.2 Å². The molecular weight excluding hydrogens is 581 g/mol. The topological polar surface area (TPSA) is 147 Å². The Labute approximate surface area is 253 Å². The van der Waals surface area contributed by atoms with E-state index in [9.17, 15) is 18.0 Å². The van der Waals surface area contributed by atoms with Crippen molar-refractivity contribution in [3.63, 3.8) is 0 Å². The minimum absolute atomic E-state index is 0.0211. The van der Waals surface area contributed by atoms with E-state index >= 15 is 0 Å². The van der Waals surface area contributed by atoms with Gasteiger partial charge in [0.15, 0.2) is 23.5 Å². The smallest absolute Gasteiger partial charge is 0.382 e. The molecule has 2 aliphatic heterocycles. The Kier molecular flexibility index (Phi) is 8.52. The van der Waals surface area contributed by atoms with Gasteiger partial charge < -0.3 is 25.7 Å². The summed E-state index contributed by atoms with van der Waals surface area (Å²) in [6.45, 7) is 8.59. The molecule has 2 fully saturated rings. The van der Waals surface area contributed by atoms with Gasteiger partial charge in [0.1, 0.15) is 30.2 Å². The third kappa shape index (κ3) is 6.90. The second kappa shape index (κ2) is 11.8. The summed E-state index contributed by atoms with van der Waals surface area (Å²) in [5.41, 5.74) is 14.0. The number of primary amides is 1. The Morgan fingerprint density at radius 3 is 2.36 bits per heavy atom. The molecule has 2 aliphatic rings. The van der Waals surface area contributed by atoms with Gasteiger partial charge in [-0.05, 0) is 43.4 Å². The number of fused-ring (bicyclic) bond motifs is 2. The highest BCUT2D eigenvalue weighted by atomic mass is 19.4. The molecule has 4 atom stereocenters. The largest absolute Gasteiger partial charge is 0.401 e. The van der Waals surface area contributed by atoms with Gasteiger partial charge in [-0.25, -0.2) is 19.7 Å². The Morgan fingerprint density at radius 1 is 1.05 bits per heavy atom. The number of benzene rings is 1. The van der Waals surface area contributed by atoms with E-state index in [0.717, 1.165) is 5.56 Å². The first kappa shape index (κ1) is 31.9. The second-order valence-corrected chi connectivity index (χ2v) is 12.7. The van der Waals surface area contributed by atoms with Crippen molar-refractivity contribution < 1.29 is 32.2 Å². The number of carbonyl (C=O) groups excluding carboxylic acids is 1. The predicted molar refractivity (Wildman–Crippen MR) is 157 cm³/mol. The molecule has 15 heteroatoms. The van der Waals surface area contributed by atoms with E-state index in [0.29, 0.717) is 16.9 Å². The number of rotatable bonds is 9. The number of urea groups is 1. The standard InChI is InChI=1S/C29H39F3N8O4/c1-27(2,3)17-7-9-18(10-8-17)39(26(34)41)12-6-11-38(14-29(30,31)32)13-19-21-22(44-28(4,5)43-21)25(42-19)40-16-37-20-23(33)35-15-36-24(20)40/h7-10,15-16,19,21-22,25H,6,11-14H2,1-5H3,(H2,34,41)(H2,33,35,36)/t19-,21-,22-,25-/m1/s1. The van der Waals surface area contributed by atoms with E-state index in [2.05, 4.69) is 35.7 Å². The van der Waals surface area contributed by atoms with Crippen molar-refractivity contribution in [2.24, 2.45) is 5.73 Å². The van der Waals surface area contributed by atoms with E-state index in [-0.39, 0.29) is 37.3 Å². The van der Waals surface area contributed by atoms with Crippen LogP contribution in [-0.2, 0) is 19.6 Å². The highest BCUT2D eigenvalue weighted by Crippen LogP contribution is 2.44. The van der Waals surface area contributed by atoms with Crippen molar-refractivity contribution in [3.05, 3.63) is 42.5 Å². The van der Waals surface area contributed by atoms with E-state index in [4.69, 9.17) is 25.7 Å². The van der Waals surface area contributed by atoms with Crippen LogP contribution in [-0.4, -0.2) is 86.9 Å². The molecule has 0 bridgehead atoms. The number of halogens is 3. The summed E-state index contributed by atoms with van der Waals surface area (Å²) in [5, 5.41) is 0. The molecular formula is C29H39F3N8O4. The van der Waals surface area contributed by atoms with Crippen molar-refractivity contribution >= 4 is 28.7 Å². The van der Waals surface area contributed by atoms with Gasteiger partial charge in [0, 0.05) is 25.3 Å². The number of carbonyl (C=O) groups is 1. The highest BCUT2D eigenvalue weighted by Gasteiger charge is 2.56. The summed E-state index contributed by atoms with van der Waals surface area (Å²) < 4.78 is 61.4. The number of nitrogens with zero attached hydrogens (tertiary/aromatic N) is 6. The summed E-state index contributed by atoms with van der Waals surface area (Å²) in [4.78, 5) is 27.4. The lowest BCUT2D eigenvalue weighted by Gasteiger charge is -2.30. The number of amides is 2. The first-order chi connectivity index (χ1) is 20.5. The Bertz CT molecular complexity index is 1470. The molecule has 4 N–H and O–H groups in total. The van der Waals surface area contributed by atoms with Crippen molar-refractivity contribution in [1.82, 2.24) is 24.4 Å². The molecule has 2 aromatic heterocycles. The van der Waals surface area contributed by atoms with Crippen molar-refractivity contribution in [2.75, 3.05) is 36.8 Å². The maximum atomic E-state index is 13.7. The number of nitrogens with two attached hydrogens (primary N) is 2. The number of ether oxygens (including phenoxy) is 3. The molecule has 1 aromatic carbocycles. The van der Waals surface area contributed by atoms with Crippen LogP contribution in [0.15, 0.2) is 36.9 Å². The quantitative estimate of drug-likeness (QED) is 0.363. The Balaban J connectivity index is 1.32. The molecule has 2 saturated heterocycles. The lowest BCUT2D eigenvalue weighted by Crippen LogP contribution is -2.45. The lowest BCUT2D eigenvalue weighted by molar-refractivity contribution is -0.201. The van der Waals surface area contributed by atoms with Crippen LogP contribution in [0, 0.1) is 0 Å². The zero-order valence-electron chi connectivity index (χ0n) is 25.4. The molecule has 240 valence electrons. The van der Waals surface area contributed by atoms with E-state index in [1.807, 2.05) is 12.1 Å². The van der Waals surface area contributed by atoms with Crippen LogP contribution in [0.3, 0.4) is 0 Å². The van der Waals surface area contributed by atoms with Crippen LogP contribution >= 0.6 is 0 Å². The maximum Gasteiger partial charge on any atom is 0.401 e. The zero-order chi connectivity index (χ0) is 32.0. The fraction of sp³-hybridized carbons (Fsp3) is 0.586. The van der Waals surface area contributed by atoms with Gasteiger partial charge in [0.05, 0.1) is 12.9 Å². The van der Waals surface area contributed by atoms with Crippen LogP contribution < -0.4 is 16.4 Å². The molecule has 0 unspecified atom stereocenters. The van der Waals surface area contributed by atoms with Crippen LogP contribution in [0.1, 0.15) is 52.8 Å². The number of anilines is 2. The third-order valence-electron chi connectivity index (χ3n) is 7.79. The lowest BCUT2D eigenvalue weighted by atomic mass is 9.87. The predicted octanol–water partition coefficient (Wildman–Crippen LogP) is 3.96. The molecule has 0 aliphatic carbocycles. The van der Waals surface area contributed by atoms with Crippen LogP contribution in [0.25, 0.3) is 11.2 Å². The Morgan fingerprint density at radius 2 is 1.73 bits per heavy atom. The van der Waals surface area contributed by atoms with E-state index in [1.165, 1.54) is 22.5 Å². The SMILES string of the molecule is CC1(C)O[C@@H]2[C@H](O1)[C@@H](CN(CCCN(C(N)=O)c1ccc(C(C)(C)C)cc1)CC(F)(F)F)O[C@H]2n1cnc2c(N)ncnc21. The van der Waals surface area contributed by atoms with E-state index in [1.54, 1.807) is 30.5 Å². The van der Waals surface area contributed by atoms with Gasteiger partial charge in [0.2, 0.25) is 0 Å². The molecule has 0 radical (unpaired) electrons. The zero-order valence-corrected chi connectivity index (χ0v) is 25.4. The average Bonchev–Trinajstić information content (AvgIpc) is 3.57. The molecule has 12 nitrogen and oxygen atoms in total. The number of imidazole rings is 1. The second-order valence-electron chi connectivity index (χ2n) is 12.7. The summed E-state index contributed by atoms with van der Waals surface area (Å²) in [7, 11) is 0. The minimum atomic E-state index is -4.47. The van der Waals surface area contributed by atoms with Gasteiger partial charge in [-0.15, -0.1) is 0 Å². The van der Waals surface area contributed by atoms with E-state index < -0.39 is 49.1 Å². The van der Waals surface area contributed by atoms with Gasteiger partial charge in [-0.1, -0.05) is 32.9 Å². The first-order valence-corrected chi connectivity index (χ1v) is 14.4.